The summed E-state index contributed by atoms with van der Waals surface area (Å²) in [5, 5.41) is 10.1. The lowest BCUT2D eigenvalue weighted by atomic mass is 9.53. The second-order valence-corrected chi connectivity index (χ2v) is 11.4. The fourth-order valence-corrected chi connectivity index (χ4v) is 7.05. The second kappa shape index (κ2) is 7.56. The van der Waals surface area contributed by atoms with Crippen LogP contribution in [0.3, 0.4) is 0 Å². The van der Waals surface area contributed by atoms with Crippen LogP contribution >= 0.6 is 0 Å². The normalized spacial score (nSPS) is 41.2. The summed E-state index contributed by atoms with van der Waals surface area (Å²) in [4.78, 5) is 0. The Morgan fingerprint density at radius 1 is 0.966 bits per heavy atom. The van der Waals surface area contributed by atoms with E-state index in [9.17, 15) is 5.11 Å². The standard InChI is InChI=1S/C28H42O/c1-18(2)19(3)7-8-20(4)24-11-12-25-23-10-9-21-17-22(29)13-15-27(21,5)26(23)14-16-28(24,25)6/h7-10,17-20,22,24,26,29H,11-16H2,1-6H3/b8-7+/t19-,20-,22-,24+,26-,27-,28+/m0/s1. The zero-order valence-electron chi connectivity index (χ0n) is 19.5. The average Bonchev–Trinajstić information content (AvgIpc) is 3.03. The Morgan fingerprint density at radius 2 is 1.69 bits per heavy atom. The summed E-state index contributed by atoms with van der Waals surface area (Å²) in [6, 6.07) is 0. The monoisotopic (exact) mass is 394 g/mol. The highest BCUT2D eigenvalue weighted by Gasteiger charge is 2.53. The van der Waals surface area contributed by atoms with Gasteiger partial charge in [-0.25, -0.2) is 0 Å². The molecule has 0 amide bonds. The fourth-order valence-electron chi connectivity index (χ4n) is 7.05. The third kappa shape index (κ3) is 3.42. The first-order valence-corrected chi connectivity index (χ1v) is 12.2. The van der Waals surface area contributed by atoms with Gasteiger partial charge in [0.15, 0.2) is 0 Å². The van der Waals surface area contributed by atoms with Crippen LogP contribution in [0.5, 0.6) is 0 Å². The Morgan fingerprint density at radius 3 is 2.41 bits per heavy atom. The Hall–Kier alpha value is -1.08. The number of rotatable bonds is 4. The van der Waals surface area contributed by atoms with E-state index < -0.39 is 0 Å². The predicted molar refractivity (Wildman–Crippen MR) is 123 cm³/mol. The van der Waals surface area contributed by atoms with Gasteiger partial charge in [-0.2, -0.15) is 0 Å². The molecule has 7 atom stereocenters. The number of hydrogen-bond donors (Lipinski definition) is 1. The van der Waals surface area contributed by atoms with Crippen molar-refractivity contribution in [1.29, 1.82) is 0 Å². The number of hydrogen-bond acceptors (Lipinski definition) is 1. The average molecular weight is 395 g/mol. The minimum Gasteiger partial charge on any atom is -0.389 e. The maximum absolute atomic E-state index is 10.1. The number of aliphatic hydroxyl groups is 1. The van der Waals surface area contributed by atoms with E-state index in [1.54, 1.807) is 11.1 Å². The van der Waals surface area contributed by atoms with Gasteiger partial charge in [-0.15, -0.1) is 0 Å². The van der Waals surface area contributed by atoms with Crippen molar-refractivity contribution in [2.24, 2.45) is 40.4 Å². The Bertz CT molecular complexity index is 765. The van der Waals surface area contributed by atoms with Crippen LogP contribution in [-0.4, -0.2) is 11.2 Å². The zero-order chi connectivity index (χ0) is 21.0. The minimum absolute atomic E-state index is 0.230. The molecule has 1 heteroatoms. The molecule has 0 aromatic carbocycles. The molecular formula is C28H42O. The molecule has 0 bridgehead atoms. The number of fused-ring (bicyclic) bond motifs is 4. The van der Waals surface area contributed by atoms with Gasteiger partial charge in [0.25, 0.3) is 0 Å². The Kier molecular flexibility index (Phi) is 5.52. The summed E-state index contributed by atoms with van der Waals surface area (Å²) >= 11 is 0. The van der Waals surface area contributed by atoms with E-state index in [1.807, 2.05) is 0 Å². The third-order valence-corrected chi connectivity index (χ3v) is 9.50. The van der Waals surface area contributed by atoms with Crippen LogP contribution in [0, 0.1) is 40.4 Å². The van der Waals surface area contributed by atoms with E-state index in [1.165, 1.54) is 31.3 Å². The molecule has 160 valence electrons. The summed E-state index contributed by atoms with van der Waals surface area (Å²) in [5.74, 6) is 3.45. The molecule has 0 saturated heterocycles. The first-order chi connectivity index (χ1) is 13.7. The van der Waals surface area contributed by atoms with Crippen molar-refractivity contribution in [3.05, 3.63) is 47.1 Å². The molecule has 1 N–H and O–H groups in total. The topological polar surface area (TPSA) is 20.2 Å². The molecule has 1 nitrogen and oxygen atoms in total. The van der Waals surface area contributed by atoms with E-state index >= 15 is 0 Å². The highest BCUT2D eigenvalue weighted by molar-refractivity contribution is 5.49. The summed E-state index contributed by atoms with van der Waals surface area (Å²) in [5.41, 5.74) is 5.44. The van der Waals surface area contributed by atoms with E-state index in [4.69, 9.17) is 0 Å². The van der Waals surface area contributed by atoms with E-state index in [0.29, 0.717) is 23.2 Å². The largest absolute Gasteiger partial charge is 0.389 e. The van der Waals surface area contributed by atoms with Crippen LogP contribution in [0.4, 0.5) is 0 Å². The summed E-state index contributed by atoms with van der Waals surface area (Å²) in [6.45, 7) is 14.5. The Balaban J connectivity index is 1.64. The highest BCUT2D eigenvalue weighted by atomic mass is 16.3. The molecule has 1 fully saturated rings. The first-order valence-electron chi connectivity index (χ1n) is 12.2. The van der Waals surface area contributed by atoms with Crippen molar-refractivity contribution in [3.63, 3.8) is 0 Å². The van der Waals surface area contributed by atoms with Crippen molar-refractivity contribution >= 4 is 0 Å². The third-order valence-electron chi connectivity index (χ3n) is 9.50. The molecule has 0 heterocycles. The second-order valence-electron chi connectivity index (χ2n) is 11.4. The van der Waals surface area contributed by atoms with Crippen LogP contribution in [0.25, 0.3) is 0 Å². The van der Waals surface area contributed by atoms with E-state index in [2.05, 4.69) is 71.9 Å². The molecule has 0 radical (unpaired) electrons. The number of allylic oxidation sites excluding steroid dienone is 7. The summed E-state index contributed by atoms with van der Waals surface area (Å²) in [7, 11) is 0. The van der Waals surface area contributed by atoms with Gasteiger partial charge in [-0.05, 0) is 90.1 Å². The molecule has 4 aliphatic rings. The lowest BCUT2D eigenvalue weighted by molar-refractivity contribution is 0.115. The van der Waals surface area contributed by atoms with Crippen molar-refractivity contribution in [1.82, 2.24) is 0 Å². The van der Waals surface area contributed by atoms with Crippen LogP contribution in [0.2, 0.25) is 0 Å². The van der Waals surface area contributed by atoms with Crippen LogP contribution < -0.4 is 0 Å². The van der Waals surface area contributed by atoms with Gasteiger partial charge in [-0.1, -0.05) is 77.5 Å². The molecule has 4 rings (SSSR count). The van der Waals surface area contributed by atoms with Gasteiger partial charge in [0.05, 0.1) is 6.10 Å². The van der Waals surface area contributed by atoms with Crippen LogP contribution in [0.15, 0.2) is 47.1 Å². The fraction of sp³-hybridized carbons (Fsp3) is 0.714. The molecule has 29 heavy (non-hydrogen) atoms. The van der Waals surface area contributed by atoms with Crippen LogP contribution in [0.1, 0.15) is 80.1 Å². The number of aliphatic hydroxyl groups excluding tert-OH is 1. The first kappa shape index (κ1) is 21.2. The molecule has 0 spiro atoms. The molecule has 0 aliphatic heterocycles. The molecule has 0 aromatic rings. The van der Waals surface area contributed by atoms with Crippen molar-refractivity contribution in [3.8, 4) is 0 Å². The highest BCUT2D eigenvalue weighted by Crippen LogP contribution is 2.63. The molecule has 1 saturated carbocycles. The maximum Gasteiger partial charge on any atom is 0.0727 e. The lowest BCUT2D eigenvalue weighted by Crippen LogP contribution is -2.42. The molecule has 0 unspecified atom stereocenters. The quantitative estimate of drug-likeness (QED) is 0.498. The maximum atomic E-state index is 10.1. The van der Waals surface area contributed by atoms with E-state index in [-0.39, 0.29) is 11.5 Å². The van der Waals surface area contributed by atoms with Gasteiger partial charge < -0.3 is 5.11 Å². The van der Waals surface area contributed by atoms with Gasteiger partial charge in [0, 0.05) is 0 Å². The van der Waals surface area contributed by atoms with Gasteiger partial charge in [-0.3, -0.25) is 0 Å². The van der Waals surface area contributed by atoms with Gasteiger partial charge in [0.1, 0.15) is 0 Å². The summed E-state index contributed by atoms with van der Waals surface area (Å²) in [6.07, 6.45) is 19.0. The van der Waals surface area contributed by atoms with Crippen molar-refractivity contribution in [2.45, 2.75) is 86.2 Å². The predicted octanol–water partition coefficient (Wildman–Crippen LogP) is 7.25. The van der Waals surface area contributed by atoms with E-state index in [0.717, 1.165) is 24.7 Å². The lowest BCUT2D eigenvalue weighted by Gasteiger charge is -2.51. The SMILES string of the molecule is CC(C)[C@@H](C)/C=C/[C@H](C)[C@H]1CCC2=C3C=CC4=C[C@@H](O)CC[C@]4(C)[C@H]3CC[C@@]21C. The molecule has 0 aromatic heterocycles. The minimum atomic E-state index is -0.248. The summed E-state index contributed by atoms with van der Waals surface area (Å²) < 4.78 is 0. The molecule has 4 aliphatic carbocycles. The van der Waals surface area contributed by atoms with Gasteiger partial charge in [0.2, 0.25) is 0 Å². The van der Waals surface area contributed by atoms with Crippen LogP contribution in [-0.2, 0) is 0 Å². The molecular weight excluding hydrogens is 352 g/mol. The zero-order valence-corrected chi connectivity index (χ0v) is 19.5. The van der Waals surface area contributed by atoms with Crippen molar-refractivity contribution in [2.75, 3.05) is 0 Å². The Labute approximate surface area is 179 Å². The van der Waals surface area contributed by atoms with Gasteiger partial charge >= 0.3 is 0 Å². The van der Waals surface area contributed by atoms with Crippen molar-refractivity contribution < 1.29 is 5.11 Å². The smallest absolute Gasteiger partial charge is 0.0727 e.